The van der Waals surface area contributed by atoms with Crippen LogP contribution in [0.25, 0.3) is 0 Å². The third-order valence-corrected chi connectivity index (χ3v) is 4.70. The Morgan fingerprint density at radius 1 is 1.33 bits per heavy atom. The molecule has 1 unspecified atom stereocenters. The van der Waals surface area contributed by atoms with Gasteiger partial charge in [0.1, 0.15) is 0 Å². The molecule has 3 heteroatoms. The molecule has 100 valence electrons. The van der Waals surface area contributed by atoms with E-state index in [2.05, 4.69) is 18.3 Å². The SMILES string of the molecule is CCCNC(Cc1cccc(Cl)c1Cl)C1CCC1. The van der Waals surface area contributed by atoms with Crippen LogP contribution in [0.5, 0.6) is 0 Å². The fraction of sp³-hybridized carbons (Fsp3) is 0.600. The standard InChI is InChI=1S/C15H21Cl2N/c1-2-9-18-14(11-5-3-6-11)10-12-7-4-8-13(16)15(12)17/h4,7-8,11,14,18H,2-3,5-6,9-10H2,1H3. The maximum absolute atomic E-state index is 6.28. The van der Waals surface area contributed by atoms with Gasteiger partial charge in [-0.1, -0.05) is 48.7 Å². The zero-order chi connectivity index (χ0) is 13.0. The average Bonchev–Trinajstić information content (AvgIpc) is 2.29. The molecule has 0 radical (unpaired) electrons. The monoisotopic (exact) mass is 285 g/mol. The van der Waals surface area contributed by atoms with E-state index < -0.39 is 0 Å². The summed E-state index contributed by atoms with van der Waals surface area (Å²) in [4.78, 5) is 0. The molecule has 0 bridgehead atoms. The van der Waals surface area contributed by atoms with Crippen molar-refractivity contribution < 1.29 is 0 Å². The van der Waals surface area contributed by atoms with Crippen molar-refractivity contribution in [1.82, 2.24) is 5.32 Å². The van der Waals surface area contributed by atoms with Crippen LogP contribution in [-0.4, -0.2) is 12.6 Å². The van der Waals surface area contributed by atoms with Gasteiger partial charge in [0.2, 0.25) is 0 Å². The fourth-order valence-corrected chi connectivity index (χ4v) is 2.92. The Labute approximate surface area is 120 Å². The molecule has 1 aromatic carbocycles. The minimum absolute atomic E-state index is 0.551. The zero-order valence-corrected chi connectivity index (χ0v) is 12.4. The lowest BCUT2D eigenvalue weighted by Gasteiger charge is -2.35. The lowest BCUT2D eigenvalue weighted by atomic mass is 9.77. The molecule has 1 aliphatic carbocycles. The highest BCUT2D eigenvalue weighted by Crippen LogP contribution is 2.33. The van der Waals surface area contributed by atoms with Gasteiger partial charge >= 0.3 is 0 Å². The summed E-state index contributed by atoms with van der Waals surface area (Å²) >= 11 is 12.4. The molecule has 1 N–H and O–H groups in total. The van der Waals surface area contributed by atoms with Gasteiger partial charge in [0.15, 0.2) is 0 Å². The summed E-state index contributed by atoms with van der Waals surface area (Å²) in [6.45, 7) is 3.29. The van der Waals surface area contributed by atoms with Crippen molar-refractivity contribution in [3.63, 3.8) is 0 Å². The first-order chi connectivity index (χ1) is 8.72. The first kappa shape index (κ1) is 14.2. The summed E-state index contributed by atoms with van der Waals surface area (Å²) in [6.07, 6.45) is 6.23. The molecule has 0 heterocycles. The molecule has 1 nitrogen and oxygen atoms in total. The Hall–Kier alpha value is -0.240. The largest absolute Gasteiger partial charge is 0.313 e. The average molecular weight is 286 g/mol. The normalized spacial score (nSPS) is 17.5. The van der Waals surface area contributed by atoms with Gasteiger partial charge in [-0.05, 0) is 49.8 Å². The van der Waals surface area contributed by atoms with E-state index in [4.69, 9.17) is 23.2 Å². The van der Waals surface area contributed by atoms with E-state index in [0.29, 0.717) is 11.1 Å². The second-order valence-corrected chi connectivity index (χ2v) is 5.95. The number of rotatable bonds is 6. The van der Waals surface area contributed by atoms with E-state index in [0.717, 1.165) is 23.9 Å². The summed E-state index contributed by atoms with van der Waals surface area (Å²) < 4.78 is 0. The zero-order valence-electron chi connectivity index (χ0n) is 10.9. The van der Waals surface area contributed by atoms with Crippen molar-refractivity contribution in [2.75, 3.05) is 6.54 Å². The lowest BCUT2D eigenvalue weighted by Crippen LogP contribution is -2.41. The second kappa shape index (κ2) is 6.79. The number of nitrogens with one attached hydrogen (secondary N) is 1. The summed E-state index contributed by atoms with van der Waals surface area (Å²) in [7, 11) is 0. The van der Waals surface area contributed by atoms with Crippen LogP contribution in [0.1, 0.15) is 38.2 Å². The van der Waals surface area contributed by atoms with Crippen molar-refractivity contribution in [3.8, 4) is 0 Å². The van der Waals surface area contributed by atoms with E-state index in [-0.39, 0.29) is 0 Å². The third-order valence-electron chi connectivity index (χ3n) is 3.85. The molecule has 1 saturated carbocycles. The summed E-state index contributed by atoms with van der Waals surface area (Å²) in [5.41, 5.74) is 1.17. The molecule has 2 rings (SSSR count). The molecule has 1 atom stereocenters. The predicted molar refractivity (Wildman–Crippen MR) is 79.6 cm³/mol. The molecule has 0 saturated heterocycles. The summed E-state index contributed by atoms with van der Waals surface area (Å²) in [6, 6.07) is 6.48. The Balaban J connectivity index is 2.04. The van der Waals surface area contributed by atoms with E-state index in [1.165, 1.54) is 31.2 Å². The predicted octanol–water partition coefficient (Wildman–Crippen LogP) is 4.70. The molecule has 0 aromatic heterocycles. The van der Waals surface area contributed by atoms with Gasteiger partial charge in [0.05, 0.1) is 10.0 Å². The van der Waals surface area contributed by atoms with Crippen LogP contribution in [0, 0.1) is 5.92 Å². The van der Waals surface area contributed by atoms with Gasteiger partial charge < -0.3 is 5.32 Å². The maximum atomic E-state index is 6.28. The van der Waals surface area contributed by atoms with Gasteiger partial charge in [-0.3, -0.25) is 0 Å². The second-order valence-electron chi connectivity index (χ2n) is 5.17. The molecule has 1 fully saturated rings. The number of benzene rings is 1. The Bertz CT molecular complexity index is 388. The van der Waals surface area contributed by atoms with E-state index >= 15 is 0 Å². The smallest absolute Gasteiger partial charge is 0.0624 e. The van der Waals surface area contributed by atoms with Gasteiger partial charge in [0, 0.05) is 6.04 Å². The van der Waals surface area contributed by atoms with Crippen LogP contribution >= 0.6 is 23.2 Å². The van der Waals surface area contributed by atoms with Crippen LogP contribution in [0.3, 0.4) is 0 Å². The van der Waals surface area contributed by atoms with Crippen molar-refractivity contribution in [1.29, 1.82) is 0 Å². The molecule has 0 spiro atoms. The van der Waals surface area contributed by atoms with Gasteiger partial charge in [-0.2, -0.15) is 0 Å². The van der Waals surface area contributed by atoms with E-state index in [1.807, 2.05) is 12.1 Å². The van der Waals surface area contributed by atoms with Gasteiger partial charge in [-0.25, -0.2) is 0 Å². The van der Waals surface area contributed by atoms with Crippen molar-refractivity contribution in [3.05, 3.63) is 33.8 Å². The minimum atomic E-state index is 0.551. The van der Waals surface area contributed by atoms with Crippen molar-refractivity contribution in [2.45, 2.75) is 45.1 Å². The Kier molecular flexibility index (Phi) is 5.35. The third kappa shape index (κ3) is 3.40. The van der Waals surface area contributed by atoms with E-state index in [1.54, 1.807) is 0 Å². The minimum Gasteiger partial charge on any atom is -0.313 e. The molecular weight excluding hydrogens is 265 g/mol. The van der Waals surface area contributed by atoms with Gasteiger partial charge in [0.25, 0.3) is 0 Å². The van der Waals surface area contributed by atoms with Gasteiger partial charge in [-0.15, -0.1) is 0 Å². The van der Waals surface area contributed by atoms with Crippen molar-refractivity contribution in [2.24, 2.45) is 5.92 Å². The number of hydrogen-bond acceptors (Lipinski definition) is 1. The highest BCUT2D eigenvalue weighted by atomic mass is 35.5. The fourth-order valence-electron chi connectivity index (χ4n) is 2.52. The molecule has 0 aliphatic heterocycles. The number of hydrogen-bond donors (Lipinski definition) is 1. The highest BCUT2D eigenvalue weighted by Gasteiger charge is 2.27. The highest BCUT2D eigenvalue weighted by molar-refractivity contribution is 6.42. The van der Waals surface area contributed by atoms with Crippen molar-refractivity contribution >= 4 is 23.2 Å². The Morgan fingerprint density at radius 2 is 2.11 bits per heavy atom. The van der Waals surface area contributed by atoms with Crippen LogP contribution < -0.4 is 5.32 Å². The lowest BCUT2D eigenvalue weighted by molar-refractivity contribution is 0.227. The maximum Gasteiger partial charge on any atom is 0.0624 e. The Morgan fingerprint density at radius 3 is 2.72 bits per heavy atom. The number of halogens is 2. The molecular formula is C15H21Cl2N. The van der Waals surface area contributed by atoms with Crippen LogP contribution in [-0.2, 0) is 6.42 Å². The summed E-state index contributed by atoms with van der Waals surface area (Å²) in [5, 5.41) is 5.05. The van der Waals surface area contributed by atoms with E-state index in [9.17, 15) is 0 Å². The first-order valence-electron chi connectivity index (χ1n) is 6.88. The van der Waals surface area contributed by atoms with Crippen LogP contribution in [0.15, 0.2) is 18.2 Å². The summed E-state index contributed by atoms with van der Waals surface area (Å²) in [5.74, 6) is 0.812. The van der Waals surface area contributed by atoms with Crippen LogP contribution in [0.4, 0.5) is 0 Å². The molecule has 1 aromatic rings. The topological polar surface area (TPSA) is 12.0 Å². The van der Waals surface area contributed by atoms with Crippen LogP contribution in [0.2, 0.25) is 10.0 Å². The first-order valence-corrected chi connectivity index (χ1v) is 7.64. The molecule has 1 aliphatic rings. The molecule has 0 amide bonds. The quantitative estimate of drug-likeness (QED) is 0.799. The molecule has 18 heavy (non-hydrogen) atoms.